The summed E-state index contributed by atoms with van der Waals surface area (Å²) in [7, 11) is 2.14. The van der Waals surface area contributed by atoms with Crippen LogP contribution < -0.4 is 10.2 Å². The Morgan fingerprint density at radius 2 is 1.59 bits per heavy atom. The predicted octanol–water partition coefficient (Wildman–Crippen LogP) is 5.98. The number of hydrogen-bond acceptors (Lipinski definition) is 5. The molecule has 0 amide bonds. The lowest BCUT2D eigenvalue weighted by Gasteiger charge is -2.37. The van der Waals surface area contributed by atoms with Crippen LogP contribution in [-0.4, -0.2) is 61.5 Å². The quantitative estimate of drug-likeness (QED) is 0.264. The lowest BCUT2D eigenvalue weighted by atomic mass is 9.83. The van der Waals surface area contributed by atoms with E-state index in [2.05, 4.69) is 67.2 Å². The van der Waals surface area contributed by atoms with Gasteiger partial charge in [0.1, 0.15) is 0 Å². The number of carbonyl (C=O) groups is 2. The van der Waals surface area contributed by atoms with Gasteiger partial charge in [0.15, 0.2) is 5.78 Å². The third kappa shape index (κ3) is 7.36. The van der Waals surface area contributed by atoms with Crippen LogP contribution in [0.1, 0.15) is 58.2 Å². The highest BCUT2D eigenvalue weighted by molar-refractivity contribution is 6.08. The number of hydrogen-bond donors (Lipinski definition) is 2. The Morgan fingerprint density at radius 1 is 0.923 bits per heavy atom. The second kappa shape index (κ2) is 12.3. The number of aromatic carboxylic acids is 1. The number of nitrogens with one attached hydrogen (secondary N) is 1. The molecule has 4 rings (SSSR count). The normalized spacial score (nSPS) is 14.5. The molecule has 6 heteroatoms. The number of rotatable bonds is 9. The van der Waals surface area contributed by atoms with Crippen LogP contribution in [0.25, 0.3) is 6.08 Å². The minimum Gasteiger partial charge on any atom is -0.478 e. The number of nitrogens with zero attached hydrogens (tertiary/aromatic N) is 2. The first-order valence-electron chi connectivity index (χ1n) is 13.6. The second-order valence-electron chi connectivity index (χ2n) is 11.2. The molecular formula is C33H39N3O3. The highest BCUT2D eigenvalue weighted by Gasteiger charge is 2.26. The van der Waals surface area contributed by atoms with E-state index in [0.717, 1.165) is 61.6 Å². The molecule has 6 nitrogen and oxygen atoms in total. The van der Waals surface area contributed by atoms with E-state index in [1.165, 1.54) is 5.56 Å². The number of piperazine rings is 1. The predicted molar refractivity (Wildman–Crippen MR) is 160 cm³/mol. The van der Waals surface area contributed by atoms with Crippen molar-refractivity contribution in [1.82, 2.24) is 4.90 Å². The minimum atomic E-state index is -0.967. The van der Waals surface area contributed by atoms with Crippen molar-refractivity contribution in [2.75, 3.05) is 50.0 Å². The lowest BCUT2D eigenvalue weighted by molar-refractivity contribution is 0.0696. The molecule has 3 aromatic rings. The number of ketones is 1. The number of carboxylic acids is 1. The van der Waals surface area contributed by atoms with Gasteiger partial charge in [-0.1, -0.05) is 69.3 Å². The van der Waals surface area contributed by atoms with E-state index in [1.54, 1.807) is 36.4 Å². The smallest absolute Gasteiger partial charge is 0.335 e. The fourth-order valence-electron chi connectivity index (χ4n) is 4.82. The Balaban J connectivity index is 1.67. The fourth-order valence-corrected chi connectivity index (χ4v) is 4.82. The van der Waals surface area contributed by atoms with Crippen molar-refractivity contribution in [2.24, 2.45) is 0 Å². The van der Waals surface area contributed by atoms with Crippen LogP contribution in [0.15, 0.2) is 72.8 Å². The first-order chi connectivity index (χ1) is 18.6. The van der Waals surface area contributed by atoms with Gasteiger partial charge in [-0.2, -0.15) is 0 Å². The maximum absolute atomic E-state index is 13.4. The van der Waals surface area contributed by atoms with Gasteiger partial charge in [-0.25, -0.2) is 4.79 Å². The molecular weight excluding hydrogens is 486 g/mol. The van der Waals surface area contributed by atoms with E-state index >= 15 is 0 Å². The topological polar surface area (TPSA) is 72.9 Å². The van der Waals surface area contributed by atoms with Crippen LogP contribution in [0.2, 0.25) is 0 Å². The molecule has 1 aliphatic rings. The van der Waals surface area contributed by atoms with Crippen molar-refractivity contribution in [3.05, 3.63) is 101 Å². The molecule has 0 bridgehead atoms. The van der Waals surface area contributed by atoms with Gasteiger partial charge in [-0.15, -0.1) is 0 Å². The molecule has 3 aromatic carbocycles. The van der Waals surface area contributed by atoms with E-state index < -0.39 is 5.97 Å². The molecule has 0 atom stereocenters. The van der Waals surface area contributed by atoms with E-state index in [1.807, 2.05) is 18.2 Å². The molecule has 1 fully saturated rings. The van der Waals surface area contributed by atoms with Gasteiger partial charge in [0, 0.05) is 38.3 Å². The monoisotopic (exact) mass is 525 g/mol. The standard InChI is InChI=1S/C33H39N3O3/c1-33(2,3)28-22-27(30(37)15-12-25-10-13-26(14-11-25)32(38)39)23-29(36-20-18-35(4)19-21-36)31(28)34-17-16-24-8-6-5-7-9-24/h5-15,22-23,34H,16-21H2,1-4H3,(H,38,39)/b15-12+. The Morgan fingerprint density at radius 3 is 2.21 bits per heavy atom. The zero-order chi connectivity index (χ0) is 28.0. The van der Waals surface area contributed by atoms with Gasteiger partial charge in [0.25, 0.3) is 0 Å². The summed E-state index contributed by atoms with van der Waals surface area (Å²) < 4.78 is 0. The number of benzene rings is 3. The average Bonchev–Trinajstić information content (AvgIpc) is 2.92. The van der Waals surface area contributed by atoms with E-state index in [0.29, 0.717) is 5.56 Å². The third-order valence-electron chi connectivity index (χ3n) is 7.20. The van der Waals surface area contributed by atoms with Crippen LogP contribution in [0, 0.1) is 0 Å². The second-order valence-corrected chi connectivity index (χ2v) is 11.2. The summed E-state index contributed by atoms with van der Waals surface area (Å²) in [6.45, 7) is 11.1. The highest BCUT2D eigenvalue weighted by atomic mass is 16.4. The molecule has 0 saturated carbocycles. The fraction of sp³-hybridized carbons (Fsp3) is 0.333. The maximum atomic E-state index is 13.4. The molecule has 0 aliphatic carbocycles. The van der Waals surface area contributed by atoms with Gasteiger partial charge in [0.2, 0.25) is 0 Å². The summed E-state index contributed by atoms with van der Waals surface area (Å²) in [5.41, 5.74) is 6.07. The molecule has 39 heavy (non-hydrogen) atoms. The summed E-state index contributed by atoms with van der Waals surface area (Å²) in [4.78, 5) is 29.3. The molecule has 0 aromatic heterocycles. The van der Waals surface area contributed by atoms with E-state index in [9.17, 15) is 9.59 Å². The SMILES string of the molecule is CN1CCN(c2cc(C(=O)/C=C/c3ccc(C(=O)O)cc3)cc(C(C)(C)C)c2NCCc2ccccc2)CC1. The number of anilines is 2. The maximum Gasteiger partial charge on any atom is 0.335 e. The first-order valence-corrected chi connectivity index (χ1v) is 13.6. The van der Waals surface area contributed by atoms with E-state index in [-0.39, 0.29) is 16.8 Å². The zero-order valence-corrected chi connectivity index (χ0v) is 23.4. The van der Waals surface area contributed by atoms with Gasteiger partial charge in [0.05, 0.1) is 16.9 Å². The van der Waals surface area contributed by atoms with Crippen LogP contribution in [0.4, 0.5) is 11.4 Å². The zero-order valence-electron chi connectivity index (χ0n) is 23.4. The van der Waals surface area contributed by atoms with Crippen molar-refractivity contribution in [1.29, 1.82) is 0 Å². The van der Waals surface area contributed by atoms with Gasteiger partial charge in [-0.05, 0) is 65.9 Å². The van der Waals surface area contributed by atoms with Gasteiger partial charge < -0.3 is 20.2 Å². The largest absolute Gasteiger partial charge is 0.478 e. The molecule has 1 aliphatic heterocycles. The highest BCUT2D eigenvalue weighted by Crippen LogP contribution is 2.39. The van der Waals surface area contributed by atoms with Crippen molar-refractivity contribution in [2.45, 2.75) is 32.6 Å². The van der Waals surface area contributed by atoms with Crippen LogP contribution >= 0.6 is 0 Å². The summed E-state index contributed by atoms with van der Waals surface area (Å²) in [5.74, 6) is -1.04. The number of carboxylic acid groups (broad SMARTS) is 1. The average molecular weight is 526 g/mol. The molecule has 1 saturated heterocycles. The van der Waals surface area contributed by atoms with Gasteiger partial charge in [-0.3, -0.25) is 4.79 Å². The van der Waals surface area contributed by atoms with E-state index in [4.69, 9.17) is 5.11 Å². The van der Waals surface area contributed by atoms with Crippen LogP contribution in [-0.2, 0) is 11.8 Å². The summed E-state index contributed by atoms with van der Waals surface area (Å²) in [6, 6.07) is 21.1. The Labute approximate surface area is 232 Å². The third-order valence-corrected chi connectivity index (χ3v) is 7.20. The Hall–Kier alpha value is -3.90. The number of allylic oxidation sites excluding steroid dienone is 1. The minimum absolute atomic E-state index is 0.0750. The Bertz CT molecular complexity index is 1320. The van der Waals surface area contributed by atoms with Gasteiger partial charge >= 0.3 is 5.97 Å². The van der Waals surface area contributed by atoms with Crippen molar-refractivity contribution in [3.8, 4) is 0 Å². The van der Waals surface area contributed by atoms with Crippen LogP contribution in [0.5, 0.6) is 0 Å². The molecule has 0 radical (unpaired) electrons. The molecule has 1 heterocycles. The number of likely N-dealkylation sites (N-methyl/N-ethyl adjacent to an activating group) is 1. The molecule has 204 valence electrons. The molecule has 0 spiro atoms. The summed E-state index contributed by atoms with van der Waals surface area (Å²) in [6.07, 6.45) is 4.23. The van der Waals surface area contributed by atoms with Crippen molar-refractivity contribution in [3.63, 3.8) is 0 Å². The van der Waals surface area contributed by atoms with Crippen LogP contribution in [0.3, 0.4) is 0 Å². The molecule has 2 N–H and O–H groups in total. The first kappa shape index (κ1) is 28.1. The summed E-state index contributed by atoms with van der Waals surface area (Å²) >= 11 is 0. The van der Waals surface area contributed by atoms with Crippen molar-refractivity contribution < 1.29 is 14.7 Å². The number of carbonyl (C=O) groups excluding carboxylic acids is 1. The molecule has 0 unspecified atom stereocenters. The summed E-state index contributed by atoms with van der Waals surface area (Å²) in [5, 5.41) is 12.9. The Kier molecular flexibility index (Phi) is 8.87. The van der Waals surface area contributed by atoms with Crippen molar-refractivity contribution >= 4 is 29.2 Å². The lowest BCUT2D eigenvalue weighted by Crippen LogP contribution is -2.45.